The van der Waals surface area contributed by atoms with Crippen LogP contribution >= 0.6 is 23.2 Å². The van der Waals surface area contributed by atoms with Gasteiger partial charge in [-0.2, -0.15) is 5.26 Å². The number of benzene rings is 2. The number of nitriles is 1. The van der Waals surface area contributed by atoms with Crippen molar-refractivity contribution in [2.75, 3.05) is 5.32 Å². The lowest BCUT2D eigenvalue weighted by Crippen LogP contribution is -1.95. The van der Waals surface area contributed by atoms with Gasteiger partial charge in [0.2, 0.25) is 0 Å². The molecule has 0 atom stereocenters. The Balaban J connectivity index is 2.37. The van der Waals surface area contributed by atoms with Gasteiger partial charge in [-0.25, -0.2) is 4.39 Å². The van der Waals surface area contributed by atoms with Gasteiger partial charge in [-0.15, -0.1) is 0 Å². The van der Waals surface area contributed by atoms with E-state index in [0.717, 1.165) is 11.3 Å². The van der Waals surface area contributed by atoms with Gasteiger partial charge in [0.15, 0.2) is 0 Å². The van der Waals surface area contributed by atoms with Crippen molar-refractivity contribution in [2.24, 2.45) is 0 Å². The van der Waals surface area contributed by atoms with Gasteiger partial charge in [-0.05, 0) is 42.8 Å². The summed E-state index contributed by atoms with van der Waals surface area (Å²) in [7, 11) is 0. The molecule has 0 spiro atoms. The molecule has 1 N–H and O–H groups in total. The number of hydrogen-bond donors (Lipinski definition) is 1. The van der Waals surface area contributed by atoms with Gasteiger partial charge in [0, 0.05) is 5.69 Å². The Labute approximate surface area is 120 Å². The summed E-state index contributed by atoms with van der Waals surface area (Å²) >= 11 is 11.9. The standard InChI is InChI=1S/C14H9Cl2FN2/c1-8-4-11(3-2-9(8)7-18)19-14-12(15)5-10(17)6-13(14)16/h2-6,19H,1H3. The maximum absolute atomic E-state index is 13.1. The molecule has 96 valence electrons. The predicted octanol–water partition coefficient (Wildman–Crippen LogP) is 5.06. The molecular formula is C14H9Cl2FN2. The van der Waals surface area contributed by atoms with E-state index in [4.69, 9.17) is 28.5 Å². The van der Waals surface area contributed by atoms with Crippen molar-refractivity contribution in [1.29, 1.82) is 5.26 Å². The van der Waals surface area contributed by atoms with E-state index < -0.39 is 5.82 Å². The summed E-state index contributed by atoms with van der Waals surface area (Å²) < 4.78 is 13.1. The second-order valence-electron chi connectivity index (χ2n) is 4.01. The lowest BCUT2D eigenvalue weighted by Gasteiger charge is -2.11. The summed E-state index contributed by atoms with van der Waals surface area (Å²) in [4.78, 5) is 0. The fourth-order valence-electron chi connectivity index (χ4n) is 1.67. The van der Waals surface area contributed by atoms with Crippen molar-refractivity contribution in [3.63, 3.8) is 0 Å². The third kappa shape index (κ3) is 2.98. The normalized spacial score (nSPS) is 10.1. The Kier molecular flexibility index (Phi) is 3.94. The summed E-state index contributed by atoms with van der Waals surface area (Å²) in [5, 5.41) is 12.3. The second-order valence-corrected chi connectivity index (χ2v) is 4.83. The quantitative estimate of drug-likeness (QED) is 0.841. The van der Waals surface area contributed by atoms with Gasteiger partial charge in [-0.1, -0.05) is 23.2 Å². The molecule has 2 nitrogen and oxygen atoms in total. The zero-order valence-electron chi connectivity index (χ0n) is 9.97. The van der Waals surface area contributed by atoms with Crippen LogP contribution in [0.4, 0.5) is 15.8 Å². The van der Waals surface area contributed by atoms with Crippen LogP contribution in [-0.2, 0) is 0 Å². The molecule has 0 amide bonds. The monoisotopic (exact) mass is 294 g/mol. The largest absolute Gasteiger partial charge is 0.353 e. The minimum atomic E-state index is -0.489. The Morgan fingerprint density at radius 1 is 1.16 bits per heavy atom. The smallest absolute Gasteiger partial charge is 0.126 e. The first-order valence-corrected chi connectivity index (χ1v) is 6.19. The van der Waals surface area contributed by atoms with Crippen molar-refractivity contribution in [2.45, 2.75) is 6.92 Å². The molecule has 19 heavy (non-hydrogen) atoms. The number of anilines is 2. The van der Waals surface area contributed by atoms with Crippen LogP contribution in [0.1, 0.15) is 11.1 Å². The third-order valence-corrected chi connectivity index (χ3v) is 3.22. The summed E-state index contributed by atoms with van der Waals surface area (Å²) in [5.41, 5.74) is 2.60. The molecular weight excluding hydrogens is 286 g/mol. The molecule has 0 heterocycles. The summed E-state index contributed by atoms with van der Waals surface area (Å²) in [5.74, 6) is -0.489. The van der Waals surface area contributed by atoms with E-state index in [1.165, 1.54) is 12.1 Å². The van der Waals surface area contributed by atoms with Crippen LogP contribution < -0.4 is 5.32 Å². The van der Waals surface area contributed by atoms with E-state index in [1.807, 2.05) is 6.92 Å². The molecule has 0 bridgehead atoms. The second kappa shape index (κ2) is 5.48. The molecule has 2 rings (SSSR count). The fourth-order valence-corrected chi connectivity index (χ4v) is 2.23. The van der Waals surface area contributed by atoms with E-state index in [-0.39, 0.29) is 10.0 Å². The minimum absolute atomic E-state index is 0.201. The lowest BCUT2D eigenvalue weighted by molar-refractivity contribution is 0.628. The van der Waals surface area contributed by atoms with Gasteiger partial charge in [0.25, 0.3) is 0 Å². The Bertz CT molecular complexity index is 655. The highest BCUT2D eigenvalue weighted by Crippen LogP contribution is 2.34. The fraction of sp³-hybridized carbons (Fsp3) is 0.0714. The van der Waals surface area contributed by atoms with Crippen molar-refractivity contribution < 1.29 is 4.39 Å². The number of rotatable bonds is 2. The highest BCUT2D eigenvalue weighted by atomic mass is 35.5. The minimum Gasteiger partial charge on any atom is -0.353 e. The Hall–Kier alpha value is -1.76. The SMILES string of the molecule is Cc1cc(Nc2c(Cl)cc(F)cc2Cl)ccc1C#N. The lowest BCUT2D eigenvalue weighted by atomic mass is 10.1. The van der Waals surface area contributed by atoms with Crippen LogP contribution in [-0.4, -0.2) is 0 Å². The highest BCUT2D eigenvalue weighted by molar-refractivity contribution is 6.39. The van der Waals surface area contributed by atoms with Crippen molar-refractivity contribution in [1.82, 2.24) is 0 Å². The number of halogens is 3. The van der Waals surface area contributed by atoms with Crippen molar-refractivity contribution in [3.05, 3.63) is 57.3 Å². The molecule has 5 heteroatoms. The topological polar surface area (TPSA) is 35.8 Å². The van der Waals surface area contributed by atoms with Gasteiger partial charge in [0.1, 0.15) is 5.82 Å². The highest BCUT2D eigenvalue weighted by Gasteiger charge is 2.09. The van der Waals surface area contributed by atoms with E-state index in [2.05, 4.69) is 11.4 Å². The first kappa shape index (κ1) is 13.7. The number of nitrogens with zero attached hydrogens (tertiary/aromatic N) is 1. The Morgan fingerprint density at radius 3 is 2.32 bits per heavy atom. The first-order chi connectivity index (χ1) is 9.01. The van der Waals surface area contributed by atoms with Gasteiger partial charge < -0.3 is 5.32 Å². The molecule has 0 radical (unpaired) electrons. The van der Waals surface area contributed by atoms with Gasteiger partial charge in [0.05, 0.1) is 27.4 Å². The molecule has 0 unspecified atom stereocenters. The van der Waals surface area contributed by atoms with Crippen molar-refractivity contribution >= 4 is 34.6 Å². The van der Waals surface area contributed by atoms with E-state index in [1.54, 1.807) is 18.2 Å². The van der Waals surface area contributed by atoms with Gasteiger partial charge >= 0.3 is 0 Å². The molecule has 0 aromatic heterocycles. The van der Waals surface area contributed by atoms with Crippen LogP contribution in [0, 0.1) is 24.1 Å². The molecule has 0 aliphatic rings. The van der Waals surface area contributed by atoms with Crippen LogP contribution in [0.15, 0.2) is 30.3 Å². The summed E-state index contributed by atoms with van der Waals surface area (Å²) in [6, 6.07) is 9.70. The number of hydrogen-bond acceptors (Lipinski definition) is 2. The van der Waals surface area contributed by atoms with Crippen LogP contribution in [0.2, 0.25) is 10.0 Å². The first-order valence-electron chi connectivity index (χ1n) is 5.43. The Morgan fingerprint density at radius 2 is 1.79 bits per heavy atom. The molecule has 0 saturated heterocycles. The zero-order valence-corrected chi connectivity index (χ0v) is 11.5. The summed E-state index contributed by atoms with van der Waals surface area (Å²) in [6.07, 6.45) is 0. The number of aryl methyl sites for hydroxylation is 1. The number of nitrogens with one attached hydrogen (secondary N) is 1. The van der Waals surface area contributed by atoms with E-state index in [0.29, 0.717) is 11.3 Å². The van der Waals surface area contributed by atoms with E-state index >= 15 is 0 Å². The third-order valence-electron chi connectivity index (χ3n) is 2.62. The van der Waals surface area contributed by atoms with Crippen LogP contribution in [0.3, 0.4) is 0 Å². The molecule has 0 aliphatic carbocycles. The predicted molar refractivity (Wildman–Crippen MR) is 75.6 cm³/mol. The van der Waals surface area contributed by atoms with Crippen LogP contribution in [0.25, 0.3) is 0 Å². The van der Waals surface area contributed by atoms with Crippen molar-refractivity contribution in [3.8, 4) is 6.07 Å². The average Bonchev–Trinajstić information content (AvgIpc) is 2.34. The molecule has 0 fully saturated rings. The average molecular weight is 295 g/mol. The summed E-state index contributed by atoms with van der Waals surface area (Å²) in [6.45, 7) is 1.83. The molecule has 0 aliphatic heterocycles. The zero-order chi connectivity index (χ0) is 14.0. The maximum atomic E-state index is 13.1. The maximum Gasteiger partial charge on any atom is 0.126 e. The molecule has 2 aromatic carbocycles. The van der Waals surface area contributed by atoms with Gasteiger partial charge in [-0.3, -0.25) is 0 Å². The van der Waals surface area contributed by atoms with Crippen LogP contribution in [0.5, 0.6) is 0 Å². The van der Waals surface area contributed by atoms with E-state index in [9.17, 15) is 4.39 Å². The molecule has 2 aromatic rings. The molecule has 0 saturated carbocycles.